The number of ether oxygens (including phenoxy) is 1. The number of carbonyl (C=O) groups is 2. The van der Waals surface area contributed by atoms with Gasteiger partial charge in [0, 0.05) is 43.6 Å². The van der Waals surface area contributed by atoms with Gasteiger partial charge in [0.2, 0.25) is 0 Å². The van der Waals surface area contributed by atoms with Crippen LogP contribution >= 0.6 is 0 Å². The first-order valence-corrected chi connectivity index (χ1v) is 10.8. The van der Waals surface area contributed by atoms with Gasteiger partial charge in [-0.1, -0.05) is 18.2 Å². The Bertz CT molecular complexity index is 758. The van der Waals surface area contributed by atoms with E-state index in [0.717, 1.165) is 48.7 Å². The molecule has 4 aliphatic rings. The van der Waals surface area contributed by atoms with Gasteiger partial charge in [-0.3, -0.25) is 14.5 Å². The summed E-state index contributed by atoms with van der Waals surface area (Å²) in [5, 5.41) is 10.1. The number of amides is 1. The zero-order valence-electron chi connectivity index (χ0n) is 17.4. The molecule has 1 aliphatic carbocycles. The Morgan fingerprint density at radius 2 is 2.00 bits per heavy atom. The minimum atomic E-state index is -0.250. The number of carboxylic acid groups (broad SMARTS) is 1. The van der Waals surface area contributed by atoms with Gasteiger partial charge in [-0.15, -0.1) is 0 Å². The molecular weight excluding hydrogens is 368 g/mol. The van der Waals surface area contributed by atoms with Crippen molar-refractivity contribution >= 4 is 12.4 Å². The first-order valence-electron chi connectivity index (χ1n) is 10.8. The Hall–Kier alpha value is -1.92. The van der Waals surface area contributed by atoms with Gasteiger partial charge in [0.1, 0.15) is 0 Å². The molecule has 0 unspecified atom stereocenters. The molecule has 1 aromatic rings. The molecule has 3 saturated heterocycles. The summed E-state index contributed by atoms with van der Waals surface area (Å²) < 4.78 is 6.52. The summed E-state index contributed by atoms with van der Waals surface area (Å²) in [7, 11) is 0. The van der Waals surface area contributed by atoms with E-state index in [0.29, 0.717) is 17.9 Å². The normalized spacial score (nSPS) is 32.4. The van der Waals surface area contributed by atoms with Crippen molar-refractivity contribution < 1.29 is 19.4 Å². The highest BCUT2D eigenvalue weighted by atomic mass is 16.5. The van der Waals surface area contributed by atoms with E-state index in [-0.39, 0.29) is 18.0 Å². The number of hydrogen-bond acceptors (Lipinski definition) is 4. The van der Waals surface area contributed by atoms with E-state index in [1.54, 1.807) is 0 Å². The van der Waals surface area contributed by atoms with Crippen molar-refractivity contribution in [3.8, 4) is 0 Å². The van der Waals surface area contributed by atoms with Gasteiger partial charge in [0.25, 0.3) is 12.4 Å². The Kier molecular flexibility index (Phi) is 5.67. The van der Waals surface area contributed by atoms with Crippen LogP contribution in [0.4, 0.5) is 0 Å². The number of nitrogens with zero attached hydrogens (tertiary/aromatic N) is 1. The van der Waals surface area contributed by atoms with Gasteiger partial charge < -0.3 is 15.2 Å². The van der Waals surface area contributed by atoms with Crippen LogP contribution in [0.3, 0.4) is 0 Å². The summed E-state index contributed by atoms with van der Waals surface area (Å²) in [5.74, 6) is 2.08. The second-order valence-corrected chi connectivity index (χ2v) is 9.25. The number of benzene rings is 1. The van der Waals surface area contributed by atoms with Crippen molar-refractivity contribution in [2.24, 2.45) is 17.8 Å². The lowest BCUT2D eigenvalue weighted by molar-refractivity contribution is -0.122. The molecule has 6 heteroatoms. The molecule has 29 heavy (non-hydrogen) atoms. The molecule has 0 aromatic heterocycles. The number of hydrogen-bond donors (Lipinski definition) is 2. The van der Waals surface area contributed by atoms with Crippen molar-refractivity contribution in [3.05, 3.63) is 34.9 Å². The molecule has 1 saturated carbocycles. The number of likely N-dealkylation sites (tertiary alicyclic amines) is 1. The summed E-state index contributed by atoms with van der Waals surface area (Å²) in [5.41, 5.74) is 3.04. The van der Waals surface area contributed by atoms with Crippen LogP contribution in [-0.2, 0) is 9.53 Å². The molecule has 2 N–H and O–H groups in total. The van der Waals surface area contributed by atoms with Crippen molar-refractivity contribution in [1.82, 2.24) is 10.2 Å². The molecule has 1 spiro atoms. The first kappa shape index (κ1) is 20.4. The Balaban J connectivity index is 0.000000645. The van der Waals surface area contributed by atoms with E-state index in [2.05, 4.69) is 10.2 Å². The monoisotopic (exact) mass is 400 g/mol. The van der Waals surface area contributed by atoms with Crippen LogP contribution in [0, 0.1) is 31.6 Å². The highest BCUT2D eigenvalue weighted by molar-refractivity contribution is 5.97. The molecular formula is C23H32N2O4. The van der Waals surface area contributed by atoms with Crippen LogP contribution < -0.4 is 5.32 Å². The smallest absolute Gasteiger partial charge is 0.290 e. The van der Waals surface area contributed by atoms with Crippen molar-refractivity contribution in [2.45, 2.75) is 51.2 Å². The third-order valence-electron chi connectivity index (χ3n) is 7.27. The standard InChI is InChI=1S/C22H30N2O2.CH2O2/c1-14-4-3-5-15(2)20(14)21(25)23-10-17-18-12-24(11-16-6-7-16)13-22(18)9-8-19(17)26-22;2-1-3/h3-5,16-19H,6-13H2,1-2H3,(H,23,25);1H,(H,2,3)/t17-,18+,19+,22+;/m0./s1. The summed E-state index contributed by atoms with van der Waals surface area (Å²) in [6.45, 7) is 8.08. The number of carbonyl (C=O) groups excluding carboxylic acids is 1. The highest BCUT2D eigenvalue weighted by Crippen LogP contribution is 2.55. The molecule has 6 nitrogen and oxygen atoms in total. The first-order chi connectivity index (χ1) is 14.0. The number of fused-ring (bicyclic) bond motifs is 1. The van der Waals surface area contributed by atoms with Crippen LogP contribution in [0.25, 0.3) is 0 Å². The summed E-state index contributed by atoms with van der Waals surface area (Å²) >= 11 is 0. The predicted octanol–water partition coefficient (Wildman–Crippen LogP) is 2.62. The fraction of sp³-hybridized carbons (Fsp3) is 0.652. The minimum Gasteiger partial charge on any atom is -0.483 e. The Morgan fingerprint density at radius 3 is 2.66 bits per heavy atom. The quantitative estimate of drug-likeness (QED) is 0.743. The highest BCUT2D eigenvalue weighted by Gasteiger charge is 2.62. The molecule has 158 valence electrons. The molecule has 4 fully saturated rings. The average molecular weight is 401 g/mol. The molecule has 3 heterocycles. The lowest BCUT2D eigenvalue weighted by Crippen LogP contribution is -2.42. The third kappa shape index (κ3) is 3.92. The van der Waals surface area contributed by atoms with Gasteiger partial charge in [-0.2, -0.15) is 0 Å². The number of aryl methyl sites for hydroxylation is 2. The molecule has 5 rings (SSSR count). The van der Waals surface area contributed by atoms with Crippen LogP contribution in [0.5, 0.6) is 0 Å². The van der Waals surface area contributed by atoms with E-state index in [1.807, 2.05) is 32.0 Å². The van der Waals surface area contributed by atoms with Crippen molar-refractivity contribution in [3.63, 3.8) is 0 Å². The lowest BCUT2D eigenvalue weighted by Gasteiger charge is -2.29. The zero-order chi connectivity index (χ0) is 20.6. The van der Waals surface area contributed by atoms with Gasteiger partial charge in [-0.05, 0) is 56.6 Å². The summed E-state index contributed by atoms with van der Waals surface area (Å²) in [6, 6.07) is 6.05. The van der Waals surface area contributed by atoms with E-state index < -0.39 is 0 Å². The fourth-order valence-corrected chi connectivity index (χ4v) is 5.84. The topological polar surface area (TPSA) is 78.9 Å². The molecule has 2 bridgehead atoms. The van der Waals surface area contributed by atoms with Gasteiger partial charge in [-0.25, -0.2) is 0 Å². The third-order valence-corrected chi connectivity index (χ3v) is 7.27. The molecule has 4 atom stereocenters. The van der Waals surface area contributed by atoms with E-state index >= 15 is 0 Å². The van der Waals surface area contributed by atoms with Gasteiger partial charge >= 0.3 is 0 Å². The number of nitrogens with one attached hydrogen (secondary N) is 1. The lowest BCUT2D eigenvalue weighted by atomic mass is 9.73. The second-order valence-electron chi connectivity index (χ2n) is 9.25. The maximum Gasteiger partial charge on any atom is 0.290 e. The summed E-state index contributed by atoms with van der Waals surface area (Å²) in [6.07, 6.45) is 5.55. The zero-order valence-corrected chi connectivity index (χ0v) is 17.4. The minimum absolute atomic E-state index is 0.0743. The number of rotatable bonds is 5. The van der Waals surface area contributed by atoms with Crippen molar-refractivity contribution in [2.75, 3.05) is 26.2 Å². The SMILES string of the molecule is Cc1cccc(C)c1C(=O)NC[C@H]1[C@H]2CN(CC3CC3)C[C@]23CC[C@H]1O3.O=CO. The van der Waals surface area contributed by atoms with E-state index in [9.17, 15) is 4.79 Å². The van der Waals surface area contributed by atoms with E-state index in [4.69, 9.17) is 14.6 Å². The maximum absolute atomic E-state index is 12.8. The Morgan fingerprint density at radius 1 is 1.31 bits per heavy atom. The van der Waals surface area contributed by atoms with Crippen LogP contribution in [0.1, 0.15) is 47.2 Å². The van der Waals surface area contributed by atoms with Gasteiger partial charge in [0.05, 0.1) is 11.7 Å². The average Bonchev–Trinajstić information content (AvgIpc) is 3.17. The van der Waals surface area contributed by atoms with E-state index in [1.165, 1.54) is 25.8 Å². The van der Waals surface area contributed by atoms with Crippen molar-refractivity contribution in [1.29, 1.82) is 0 Å². The van der Waals surface area contributed by atoms with Crippen LogP contribution in [0.2, 0.25) is 0 Å². The molecule has 1 amide bonds. The Labute approximate surface area is 172 Å². The van der Waals surface area contributed by atoms with Crippen LogP contribution in [-0.4, -0.2) is 60.3 Å². The predicted molar refractivity (Wildman–Crippen MR) is 110 cm³/mol. The maximum atomic E-state index is 12.8. The fourth-order valence-electron chi connectivity index (χ4n) is 5.84. The molecule has 3 aliphatic heterocycles. The second kappa shape index (κ2) is 8.07. The summed E-state index contributed by atoms with van der Waals surface area (Å²) in [4.78, 5) is 23.8. The largest absolute Gasteiger partial charge is 0.483 e. The molecule has 0 radical (unpaired) electrons. The van der Waals surface area contributed by atoms with Gasteiger partial charge in [0.15, 0.2) is 0 Å². The van der Waals surface area contributed by atoms with Crippen LogP contribution in [0.15, 0.2) is 18.2 Å². The molecule has 1 aromatic carbocycles.